The molecule has 2 aromatic carbocycles. The van der Waals surface area contributed by atoms with Gasteiger partial charge < -0.3 is 14.5 Å². The second-order valence-corrected chi connectivity index (χ2v) is 8.01. The minimum absolute atomic E-state index is 0.0361. The number of aryl methyl sites for hydroxylation is 2. The number of hydrogen-bond acceptors (Lipinski definition) is 3. The van der Waals surface area contributed by atoms with Crippen molar-refractivity contribution in [1.29, 1.82) is 0 Å². The van der Waals surface area contributed by atoms with Crippen molar-refractivity contribution in [3.05, 3.63) is 63.1 Å². The van der Waals surface area contributed by atoms with Crippen LogP contribution < -0.4 is 4.74 Å². The molecule has 3 rings (SSSR count). The maximum absolute atomic E-state index is 12.7. The van der Waals surface area contributed by atoms with Crippen molar-refractivity contribution >= 4 is 35.0 Å². The number of ether oxygens (including phenoxy) is 1. The van der Waals surface area contributed by atoms with Crippen LogP contribution in [0.5, 0.6) is 5.75 Å². The van der Waals surface area contributed by atoms with Crippen LogP contribution in [0.2, 0.25) is 10.0 Å². The Morgan fingerprint density at radius 3 is 2.17 bits per heavy atom. The van der Waals surface area contributed by atoms with Gasteiger partial charge in [-0.15, -0.1) is 0 Å². The summed E-state index contributed by atoms with van der Waals surface area (Å²) in [5.41, 5.74) is 2.44. The first-order valence-electron chi connectivity index (χ1n) is 9.57. The second kappa shape index (κ2) is 9.51. The number of benzene rings is 2. The lowest BCUT2D eigenvalue weighted by Gasteiger charge is -2.22. The van der Waals surface area contributed by atoms with Crippen LogP contribution in [0.25, 0.3) is 0 Å². The number of rotatable bonds is 4. The average molecular weight is 435 g/mol. The van der Waals surface area contributed by atoms with Gasteiger partial charge in [-0.1, -0.05) is 23.2 Å². The van der Waals surface area contributed by atoms with Crippen LogP contribution in [0.15, 0.2) is 36.4 Å². The maximum Gasteiger partial charge on any atom is 0.260 e. The van der Waals surface area contributed by atoms with Gasteiger partial charge in [0.25, 0.3) is 11.8 Å². The Balaban J connectivity index is 1.55. The van der Waals surface area contributed by atoms with Crippen molar-refractivity contribution in [1.82, 2.24) is 9.80 Å². The molecule has 1 heterocycles. The van der Waals surface area contributed by atoms with Gasteiger partial charge in [-0.05, 0) is 67.8 Å². The van der Waals surface area contributed by atoms with Gasteiger partial charge in [0, 0.05) is 41.8 Å². The lowest BCUT2D eigenvalue weighted by molar-refractivity contribution is -0.133. The number of amides is 2. The van der Waals surface area contributed by atoms with E-state index in [1.807, 2.05) is 26.0 Å². The highest BCUT2D eigenvalue weighted by molar-refractivity contribution is 6.32. The van der Waals surface area contributed by atoms with Gasteiger partial charge in [0.1, 0.15) is 5.75 Å². The average Bonchev–Trinajstić information content (AvgIpc) is 2.96. The first-order valence-corrected chi connectivity index (χ1v) is 10.3. The number of halogens is 2. The molecule has 0 aliphatic carbocycles. The molecular formula is C22H24Cl2N2O3. The van der Waals surface area contributed by atoms with Crippen LogP contribution >= 0.6 is 23.2 Å². The molecule has 0 aromatic heterocycles. The maximum atomic E-state index is 12.7. The van der Waals surface area contributed by atoms with Crippen LogP contribution in [-0.4, -0.2) is 54.4 Å². The van der Waals surface area contributed by atoms with E-state index in [4.69, 9.17) is 27.9 Å². The normalized spacial score (nSPS) is 14.5. The Labute approximate surface area is 181 Å². The van der Waals surface area contributed by atoms with Gasteiger partial charge in [0.05, 0.1) is 0 Å². The summed E-state index contributed by atoms with van der Waals surface area (Å²) < 4.78 is 5.69. The highest BCUT2D eigenvalue weighted by atomic mass is 35.5. The van der Waals surface area contributed by atoms with Gasteiger partial charge in [-0.2, -0.15) is 0 Å². The Bertz CT molecular complexity index is 876. The molecule has 0 bridgehead atoms. The molecule has 154 valence electrons. The fourth-order valence-electron chi connectivity index (χ4n) is 3.37. The third-order valence-electron chi connectivity index (χ3n) is 5.00. The van der Waals surface area contributed by atoms with Crippen LogP contribution in [0.3, 0.4) is 0 Å². The summed E-state index contributed by atoms with van der Waals surface area (Å²) in [6.45, 7) is 5.97. The topological polar surface area (TPSA) is 49.9 Å². The Hall–Kier alpha value is -2.24. The minimum Gasteiger partial charge on any atom is -0.484 e. The van der Waals surface area contributed by atoms with E-state index in [1.54, 1.807) is 34.1 Å². The summed E-state index contributed by atoms with van der Waals surface area (Å²) in [5.74, 6) is 0.502. The molecule has 2 amide bonds. The van der Waals surface area contributed by atoms with Crippen molar-refractivity contribution in [2.24, 2.45) is 0 Å². The van der Waals surface area contributed by atoms with E-state index < -0.39 is 0 Å². The zero-order chi connectivity index (χ0) is 21.0. The van der Waals surface area contributed by atoms with Gasteiger partial charge in [-0.25, -0.2) is 0 Å². The summed E-state index contributed by atoms with van der Waals surface area (Å²) in [4.78, 5) is 28.8. The van der Waals surface area contributed by atoms with E-state index in [0.29, 0.717) is 47.5 Å². The molecule has 2 aromatic rings. The van der Waals surface area contributed by atoms with Crippen LogP contribution in [0, 0.1) is 13.8 Å². The standard InChI is InChI=1S/C22H24Cl2N2O3/c1-15-12-19(13-16(2)21(15)24)29-14-20(27)25-8-3-9-26(11-10-25)22(28)17-4-6-18(23)7-5-17/h4-7,12-13H,3,8-11,14H2,1-2H3. The number of carbonyl (C=O) groups is 2. The molecule has 0 atom stereocenters. The SMILES string of the molecule is Cc1cc(OCC(=O)N2CCCN(C(=O)c3ccc(Cl)cc3)CC2)cc(C)c1Cl. The predicted octanol–water partition coefficient (Wildman–Crippen LogP) is 4.36. The molecule has 5 nitrogen and oxygen atoms in total. The number of hydrogen-bond donors (Lipinski definition) is 0. The Morgan fingerprint density at radius 2 is 1.52 bits per heavy atom. The molecular weight excluding hydrogens is 411 g/mol. The monoisotopic (exact) mass is 434 g/mol. The fourth-order valence-corrected chi connectivity index (χ4v) is 3.61. The van der Waals surface area contributed by atoms with Gasteiger partial charge in [0.2, 0.25) is 0 Å². The van der Waals surface area contributed by atoms with Crippen molar-refractivity contribution < 1.29 is 14.3 Å². The van der Waals surface area contributed by atoms with Gasteiger partial charge >= 0.3 is 0 Å². The van der Waals surface area contributed by atoms with Crippen molar-refractivity contribution in [2.45, 2.75) is 20.3 Å². The minimum atomic E-state index is -0.0870. The van der Waals surface area contributed by atoms with Crippen LogP contribution in [0.1, 0.15) is 27.9 Å². The fraction of sp³-hybridized carbons (Fsp3) is 0.364. The molecule has 7 heteroatoms. The highest BCUT2D eigenvalue weighted by Crippen LogP contribution is 2.26. The molecule has 0 N–H and O–H groups in total. The molecule has 0 saturated carbocycles. The third kappa shape index (κ3) is 5.43. The quantitative estimate of drug-likeness (QED) is 0.717. The number of carbonyl (C=O) groups excluding carboxylic acids is 2. The smallest absolute Gasteiger partial charge is 0.260 e. The Morgan fingerprint density at radius 1 is 0.931 bits per heavy atom. The zero-order valence-corrected chi connectivity index (χ0v) is 18.1. The molecule has 1 fully saturated rings. The molecule has 0 unspecified atom stereocenters. The molecule has 0 spiro atoms. The van der Waals surface area contributed by atoms with E-state index >= 15 is 0 Å². The van der Waals surface area contributed by atoms with Crippen molar-refractivity contribution in [2.75, 3.05) is 32.8 Å². The van der Waals surface area contributed by atoms with E-state index in [-0.39, 0.29) is 18.4 Å². The predicted molar refractivity (Wildman–Crippen MR) is 115 cm³/mol. The van der Waals surface area contributed by atoms with Crippen LogP contribution in [-0.2, 0) is 4.79 Å². The third-order valence-corrected chi connectivity index (χ3v) is 5.85. The molecule has 1 saturated heterocycles. The summed E-state index contributed by atoms with van der Waals surface area (Å²) >= 11 is 12.1. The Kier molecular flexibility index (Phi) is 7.04. The van der Waals surface area contributed by atoms with Crippen molar-refractivity contribution in [3.8, 4) is 5.75 Å². The lowest BCUT2D eigenvalue weighted by Crippen LogP contribution is -2.39. The highest BCUT2D eigenvalue weighted by Gasteiger charge is 2.23. The van der Waals surface area contributed by atoms with Gasteiger partial charge in [-0.3, -0.25) is 9.59 Å². The largest absolute Gasteiger partial charge is 0.484 e. The molecule has 1 aliphatic rings. The van der Waals surface area contributed by atoms with Crippen LogP contribution in [0.4, 0.5) is 0 Å². The first-order chi connectivity index (χ1) is 13.8. The molecule has 29 heavy (non-hydrogen) atoms. The zero-order valence-electron chi connectivity index (χ0n) is 16.6. The number of nitrogens with zero attached hydrogens (tertiary/aromatic N) is 2. The first kappa shape index (κ1) is 21.5. The van der Waals surface area contributed by atoms with E-state index in [0.717, 1.165) is 17.5 Å². The van der Waals surface area contributed by atoms with E-state index in [9.17, 15) is 9.59 Å². The summed E-state index contributed by atoms with van der Waals surface area (Å²) in [6.07, 6.45) is 0.726. The summed E-state index contributed by atoms with van der Waals surface area (Å²) in [7, 11) is 0. The van der Waals surface area contributed by atoms with Gasteiger partial charge in [0.15, 0.2) is 6.61 Å². The lowest BCUT2D eigenvalue weighted by atomic mass is 10.1. The van der Waals surface area contributed by atoms with E-state index in [1.165, 1.54) is 0 Å². The molecule has 1 aliphatic heterocycles. The summed E-state index contributed by atoms with van der Waals surface area (Å²) in [5, 5.41) is 1.31. The van der Waals surface area contributed by atoms with E-state index in [2.05, 4.69) is 0 Å². The second-order valence-electron chi connectivity index (χ2n) is 7.19. The molecule has 0 radical (unpaired) electrons. The summed E-state index contributed by atoms with van der Waals surface area (Å²) in [6, 6.07) is 10.5. The van der Waals surface area contributed by atoms with Crippen molar-refractivity contribution in [3.63, 3.8) is 0 Å².